The fourth-order valence-electron chi connectivity index (χ4n) is 3.14. The molecule has 0 saturated carbocycles. The lowest BCUT2D eigenvalue weighted by Gasteiger charge is -2.34. The number of aliphatic hydroxyl groups is 1. The molecular formula is C15H30N4O2. The van der Waals surface area contributed by atoms with Crippen LogP contribution in [-0.4, -0.2) is 90.7 Å². The topological polar surface area (TPSA) is 73.0 Å². The minimum absolute atomic E-state index is 0.244. The van der Waals surface area contributed by atoms with Gasteiger partial charge in [0.15, 0.2) is 0 Å². The first kappa shape index (κ1) is 16.7. The minimum Gasteiger partial charge on any atom is -0.395 e. The molecular weight excluding hydrogens is 268 g/mol. The number of piperazine rings is 1. The summed E-state index contributed by atoms with van der Waals surface area (Å²) in [6.07, 6.45) is 3.49. The Hall–Kier alpha value is -0.690. The number of amides is 1. The van der Waals surface area contributed by atoms with Crippen molar-refractivity contribution in [1.29, 1.82) is 0 Å². The number of hydrogen-bond acceptors (Lipinski definition) is 5. The third-order valence-corrected chi connectivity index (χ3v) is 4.64. The van der Waals surface area contributed by atoms with Crippen LogP contribution < -0.4 is 5.73 Å². The molecule has 0 aromatic rings. The van der Waals surface area contributed by atoms with E-state index in [0.29, 0.717) is 12.3 Å². The molecule has 6 nitrogen and oxygen atoms in total. The number of nitrogens with zero attached hydrogens (tertiary/aromatic N) is 3. The van der Waals surface area contributed by atoms with Crippen molar-refractivity contribution in [3.8, 4) is 0 Å². The maximum atomic E-state index is 12.1. The van der Waals surface area contributed by atoms with E-state index in [2.05, 4.69) is 9.80 Å². The van der Waals surface area contributed by atoms with Crippen molar-refractivity contribution in [2.24, 2.45) is 5.73 Å². The number of carbonyl (C=O) groups excluding carboxylic acids is 1. The first-order chi connectivity index (χ1) is 10.2. The number of hydrogen-bond donors (Lipinski definition) is 2. The second-order valence-corrected chi connectivity index (χ2v) is 6.23. The van der Waals surface area contributed by atoms with Crippen molar-refractivity contribution in [3.05, 3.63) is 0 Å². The summed E-state index contributed by atoms with van der Waals surface area (Å²) < 4.78 is 0. The van der Waals surface area contributed by atoms with Crippen molar-refractivity contribution in [2.45, 2.75) is 31.7 Å². The summed E-state index contributed by atoms with van der Waals surface area (Å²) in [5, 5.41) is 8.92. The van der Waals surface area contributed by atoms with Crippen LogP contribution in [-0.2, 0) is 4.79 Å². The molecule has 2 heterocycles. The van der Waals surface area contributed by atoms with Gasteiger partial charge in [-0.2, -0.15) is 0 Å². The normalized spacial score (nSPS) is 22.7. The zero-order valence-electron chi connectivity index (χ0n) is 13.0. The van der Waals surface area contributed by atoms with E-state index in [0.717, 1.165) is 71.6 Å². The summed E-state index contributed by atoms with van der Waals surface area (Å²) in [5.41, 5.74) is 5.86. The smallest absolute Gasteiger partial charge is 0.222 e. The molecule has 0 unspecified atom stereocenters. The SMILES string of the molecule is NC1CCN(C(=O)CCCN2CCN(CCO)CC2)CC1. The van der Waals surface area contributed by atoms with Crippen molar-refractivity contribution >= 4 is 5.91 Å². The highest BCUT2D eigenvalue weighted by Gasteiger charge is 2.21. The molecule has 2 aliphatic rings. The average Bonchev–Trinajstić information content (AvgIpc) is 2.50. The molecule has 122 valence electrons. The van der Waals surface area contributed by atoms with Crippen LogP contribution in [0.15, 0.2) is 0 Å². The molecule has 2 rings (SSSR count). The van der Waals surface area contributed by atoms with Crippen LogP contribution in [0.3, 0.4) is 0 Å². The van der Waals surface area contributed by atoms with Gasteiger partial charge in [0.05, 0.1) is 6.61 Å². The number of aliphatic hydroxyl groups excluding tert-OH is 1. The van der Waals surface area contributed by atoms with Crippen molar-refractivity contribution < 1.29 is 9.90 Å². The molecule has 0 atom stereocenters. The summed E-state index contributed by atoms with van der Waals surface area (Å²) in [7, 11) is 0. The number of carbonyl (C=O) groups is 1. The van der Waals surface area contributed by atoms with Gasteiger partial charge in [-0.25, -0.2) is 0 Å². The molecule has 3 N–H and O–H groups in total. The first-order valence-electron chi connectivity index (χ1n) is 8.28. The lowest BCUT2D eigenvalue weighted by atomic mass is 10.1. The van der Waals surface area contributed by atoms with E-state index in [-0.39, 0.29) is 12.6 Å². The van der Waals surface area contributed by atoms with E-state index in [4.69, 9.17) is 10.8 Å². The standard InChI is InChI=1S/C15H30N4O2/c16-14-3-6-19(7-4-14)15(21)2-1-5-17-8-10-18(11-9-17)12-13-20/h14,20H,1-13,16H2. The lowest BCUT2D eigenvalue weighted by molar-refractivity contribution is -0.132. The Morgan fingerprint density at radius 3 is 2.14 bits per heavy atom. The highest BCUT2D eigenvalue weighted by molar-refractivity contribution is 5.76. The number of likely N-dealkylation sites (tertiary alicyclic amines) is 1. The maximum Gasteiger partial charge on any atom is 0.222 e. The molecule has 2 aliphatic heterocycles. The molecule has 0 aromatic carbocycles. The van der Waals surface area contributed by atoms with Gasteiger partial charge in [0.1, 0.15) is 0 Å². The van der Waals surface area contributed by atoms with Crippen LogP contribution in [0.25, 0.3) is 0 Å². The van der Waals surface area contributed by atoms with Crippen LogP contribution in [0.2, 0.25) is 0 Å². The Morgan fingerprint density at radius 2 is 1.57 bits per heavy atom. The van der Waals surface area contributed by atoms with Crippen molar-refractivity contribution in [3.63, 3.8) is 0 Å². The molecule has 0 spiro atoms. The Bertz CT molecular complexity index is 311. The molecule has 2 saturated heterocycles. The van der Waals surface area contributed by atoms with Gasteiger partial charge < -0.3 is 20.6 Å². The van der Waals surface area contributed by atoms with Crippen LogP contribution in [0.1, 0.15) is 25.7 Å². The maximum absolute atomic E-state index is 12.1. The zero-order valence-corrected chi connectivity index (χ0v) is 13.0. The molecule has 2 fully saturated rings. The Labute approximate surface area is 127 Å². The van der Waals surface area contributed by atoms with Gasteiger partial charge in [-0.3, -0.25) is 9.69 Å². The third kappa shape index (κ3) is 5.54. The Balaban J connectivity index is 1.56. The number of piperidine rings is 1. The van der Waals surface area contributed by atoms with Gasteiger partial charge in [0, 0.05) is 58.3 Å². The van der Waals surface area contributed by atoms with E-state index in [1.807, 2.05) is 4.90 Å². The summed E-state index contributed by atoms with van der Waals surface area (Å²) in [4.78, 5) is 18.8. The zero-order chi connectivity index (χ0) is 15.1. The second-order valence-electron chi connectivity index (χ2n) is 6.23. The molecule has 6 heteroatoms. The first-order valence-corrected chi connectivity index (χ1v) is 8.28. The highest BCUT2D eigenvalue weighted by atomic mass is 16.3. The van der Waals surface area contributed by atoms with Crippen LogP contribution >= 0.6 is 0 Å². The molecule has 0 bridgehead atoms. The average molecular weight is 298 g/mol. The Morgan fingerprint density at radius 1 is 1.00 bits per heavy atom. The van der Waals surface area contributed by atoms with Gasteiger partial charge >= 0.3 is 0 Å². The molecule has 0 aliphatic carbocycles. The Kier molecular flexibility index (Phi) is 6.89. The number of rotatable bonds is 6. The van der Waals surface area contributed by atoms with E-state index < -0.39 is 0 Å². The quantitative estimate of drug-likeness (QED) is 0.680. The number of β-amino-alcohol motifs (C(OH)–C–C–N with tert-alkyl or cyclic N) is 1. The third-order valence-electron chi connectivity index (χ3n) is 4.64. The van der Waals surface area contributed by atoms with Crippen LogP contribution in [0.4, 0.5) is 0 Å². The van der Waals surface area contributed by atoms with Crippen molar-refractivity contribution in [1.82, 2.24) is 14.7 Å². The summed E-state index contributed by atoms with van der Waals surface area (Å²) >= 11 is 0. The molecule has 0 radical (unpaired) electrons. The van der Waals surface area contributed by atoms with Gasteiger partial charge in [-0.1, -0.05) is 0 Å². The molecule has 1 amide bonds. The molecule has 0 aromatic heterocycles. The fraction of sp³-hybridized carbons (Fsp3) is 0.933. The van der Waals surface area contributed by atoms with Crippen LogP contribution in [0, 0.1) is 0 Å². The van der Waals surface area contributed by atoms with Crippen LogP contribution in [0.5, 0.6) is 0 Å². The van der Waals surface area contributed by atoms with Gasteiger partial charge in [-0.15, -0.1) is 0 Å². The fourth-order valence-corrected chi connectivity index (χ4v) is 3.14. The predicted molar refractivity (Wildman–Crippen MR) is 83.0 cm³/mol. The van der Waals surface area contributed by atoms with E-state index >= 15 is 0 Å². The minimum atomic E-state index is 0.244. The summed E-state index contributed by atoms with van der Waals surface area (Å²) in [6, 6.07) is 0.282. The van der Waals surface area contributed by atoms with Gasteiger partial charge in [-0.05, 0) is 25.8 Å². The summed E-state index contributed by atoms with van der Waals surface area (Å²) in [5.74, 6) is 0.292. The van der Waals surface area contributed by atoms with Gasteiger partial charge in [0.2, 0.25) is 5.91 Å². The summed E-state index contributed by atoms with van der Waals surface area (Å²) in [6.45, 7) is 7.85. The molecule has 21 heavy (non-hydrogen) atoms. The second kappa shape index (κ2) is 8.68. The lowest BCUT2D eigenvalue weighted by Crippen LogP contribution is -2.47. The predicted octanol–water partition coefficient (Wildman–Crippen LogP) is -0.674. The van der Waals surface area contributed by atoms with Gasteiger partial charge in [0.25, 0.3) is 0 Å². The van der Waals surface area contributed by atoms with E-state index in [9.17, 15) is 4.79 Å². The number of nitrogens with two attached hydrogens (primary N) is 1. The van der Waals surface area contributed by atoms with E-state index in [1.165, 1.54) is 0 Å². The van der Waals surface area contributed by atoms with Crippen molar-refractivity contribution in [2.75, 3.05) is 59.0 Å². The largest absolute Gasteiger partial charge is 0.395 e. The monoisotopic (exact) mass is 298 g/mol. The highest BCUT2D eigenvalue weighted by Crippen LogP contribution is 2.11. The van der Waals surface area contributed by atoms with E-state index in [1.54, 1.807) is 0 Å².